The normalized spacial score (nSPS) is 10.0. The largest absolute Gasteiger partial charge is 0.467 e. The Kier molecular flexibility index (Phi) is 4.84. The van der Waals surface area contributed by atoms with Gasteiger partial charge in [0, 0.05) is 7.11 Å². The summed E-state index contributed by atoms with van der Waals surface area (Å²) in [4.78, 5) is 10.8. The van der Waals surface area contributed by atoms with E-state index < -0.39 is 0 Å². The van der Waals surface area contributed by atoms with E-state index in [1.54, 1.807) is 7.11 Å². The van der Waals surface area contributed by atoms with E-state index in [2.05, 4.69) is 6.92 Å². The Balaban J connectivity index is 2.83. The highest BCUT2D eigenvalue weighted by Gasteiger charge is 2.03. The van der Waals surface area contributed by atoms with E-state index in [9.17, 15) is 4.79 Å². The molecule has 1 rings (SSSR count). The van der Waals surface area contributed by atoms with E-state index in [0.717, 1.165) is 24.7 Å². The van der Waals surface area contributed by atoms with Gasteiger partial charge < -0.3 is 9.47 Å². The molecule has 0 heterocycles. The molecule has 0 saturated carbocycles. The number of aldehydes is 1. The maximum atomic E-state index is 10.8. The molecule has 0 saturated heterocycles. The number of methoxy groups -OCH3 is 1. The first-order valence-corrected chi connectivity index (χ1v) is 5.01. The second-order valence-electron chi connectivity index (χ2n) is 3.29. The van der Waals surface area contributed by atoms with Crippen LogP contribution in [0.25, 0.3) is 0 Å². The van der Waals surface area contributed by atoms with Crippen LogP contribution in [0.15, 0.2) is 18.2 Å². The third kappa shape index (κ3) is 3.36. The van der Waals surface area contributed by atoms with Crippen molar-refractivity contribution in [2.45, 2.75) is 19.8 Å². The standard InChI is InChI=1S/C12H16O3/c1-3-4-10-5-6-12(15-9-14-2)11(7-10)8-13/h5-8H,3-4,9H2,1-2H3. The molecule has 0 atom stereocenters. The van der Waals surface area contributed by atoms with Gasteiger partial charge in [0.15, 0.2) is 13.1 Å². The monoisotopic (exact) mass is 208 g/mol. The highest BCUT2D eigenvalue weighted by atomic mass is 16.7. The third-order valence-electron chi connectivity index (χ3n) is 2.07. The number of rotatable bonds is 6. The van der Waals surface area contributed by atoms with Gasteiger partial charge in [-0.1, -0.05) is 19.4 Å². The van der Waals surface area contributed by atoms with Crippen LogP contribution >= 0.6 is 0 Å². The Morgan fingerprint density at radius 1 is 1.40 bits per heavy atom. The summed E-state index contributed by atoms with van der Waals surface area (Å²) in [5.41, 5.74) is 1.74. The molecule has 0 aromatic heterocycles. The lowest BCUT2D eigenvalue weighted by atomic mass is 10.1. The molecule has 1 aromatic rings. The van der Waals surface area contributed by atoms with E-state index in [1.165, 1.54) is 0 Å². The summed E-state index contributed by atoms with van der Waals surface area (Å²) in [6, 6.07) is 5.65. The van der Waals surface area contributed by atoms with Gasteiger partial charge in [-0.25, -0.2) is 0 Å². The van der Waals surface area contributed by atoms with Crippen LogP contribution in [-0.4, -0.2) is 20.2 Å². The molecule has 0 aliphatic carbocycles. The summed E-state index contributed by atoms with van der Waals surface area (Å²) in [6.07, 6.45) is 2.85. The predicted octanol–water partition coefficient (Wildman–Crippen LogP) is 2.43. The van der Waals surface area contributed by atoms with E-state index in [0.29, 0.717) is 11.3 Å². The zero-order valence-electron chi connectivity index (χ0n) is 9.16. The lowest BCUT2D eigenvalue weighted by molar-refractivity contribution is 0.0505. The molecule has 0 bridgehead atoms. The summed E-state index contributed by atoms with van der Waals surface area (Å²) >= 11 is 0. The van der Waals surface area contributed by atoms with Crippen molar-refractivity contribution < 1.29 is 14.3 Å². The Hall–Kier alpha value is -1.35. The van der Waals surface area contributed by atoms with Crippen molar-refractivity contribution in [1.82, 2.24) is 0 Å². The fourth-order valence-electron chi connectivity index (χ4n) is 1.39. The molecule has 0 spiro atoms. The van der Waals surface area contributed by atoms with Gasteiger partial charge in [-0.15, -0.1) is 0 Å². The Morgan fingerprint density at radius 2 is 2.20 bits per heavy atom. The highest BCUT2D eigenvalue weighted by Crippen LogP contribution is 2.19. The quantitative estimate of drug-likeness (QED) is 0.532. The highest BCUT2D eigenvalue weighted by molar-refractivity contribution is 5.79. The van der Waals surface area contributed by atoms with Crippen molar-refractivity contribution in [3.8, 4) is 5.75 Å². The summed E-state index contributed by atoms with van der Waals surface area (Å²) < 4.78 is 10.0. The van der Waals surface area contributed by atoms with Crippen LogP contribution in [0.2, 0.25) is 0 Å². The molecular formula is C12H16O3. The van der Waals surface area contributed by atoms with Crippen LogP contribution in [0.4, 0.5) is 0 Å². The summed E-state index contributed by atoms with van der Waals surface area (Å²) in [7, 11) is 1.55. The minimum atomic E-state index is 0.161. The van der Waals surface area contributed by atoms with Crippen molar-refractivity contribution in [2.75, 3.05) is 13.9 Å². The fourth-order valence-corrected chi connectivity index (χ4v) is 1.39. The van der Waals surface area contributed by atoms with Gasteiger partial charge >= 0.3 is 0 Å². The van der Waals surface area contributed by atoms with E-state index in [4.69, 9.17) is 9.47 Å². The molecule has 82 valence electrons. The minimum Gasteiger partial charge on any atom is -0.467 e. The molecule has 0 radical (unpaired) electrons. The van der Waals surface area contributed by atoms with Gasteiger partial charge in [0.25, 0.3) is 0 Å². The summed E-state index contributed by atoms with van der Waals surface area (Å²) in [5.74, 6) is 0.576. The van der Waals surface area contributed by atoms with Crippen molar-refractivity contribution in [3.63, 3.8) is 0 Å². The first-order chi connectivity index (χ1) is 7.31. The van der Waals surface area contributed by atoms with Gasteiger partial charge in [0.2, 0.25) is 0 Å². The van der Waals surface area contributed by atoms with E-state index in [-0.39, 0.29) is 6.79 Å². The molecule has 0 aliphatic heterocycles. The number of ether oxygens (including phenoxy) is 2. The van der Waals surface area contributed by atoms with Crippen LogP contribution in [0.3, 0.4) is 0 Å². The maximum Gasteiger partial charge on any atom is 0.188 e. The zero-order valence-corrected chi connectivity index (χ0v) is 9.16. The van der Waals surface area contributed by atoms with Crippen molar-refractivity contribution >= 4 is 6.29 Å². The van der Waals surface area contributed by atoms with Gasteiger partial charge in [0.05, 0.1) is 5.56 Å². The maximum absolute atomic E-state index is 10.8. The lowest BCUT2D eigenvalue weighted by Crippen LogP contribution is -2.01. The van der Waals surface area contributed by atoms with E-state index in [1.807, 2.05) is 18.2 Å². The van der Waals surface area contributed by atoms with Crippen LogP contribution < -0.4 is 4.74 Å². The van der Waals surface area contributed by atoms with Gasteiger partial charge in [-0.3, -0.25) is 4.79 Å². The first kappa shape index (κ1) is 11.7. The fraction of sp³-hybridized carbons (Fsp3) is 0.417. The van der Waals surface area contributed by atoms with Crippen LogP contribution in [0.1, 0.15) is 29.3 Å². The van der Waals surface area contributed by atoms with Crippen LogP contribution in [0, 0.1) is 0 Å². The topological polar surface area (TPSA) is 35.5 Å². The Morgan fingerprint density at radius 3 is 2.80 bits per heavy atom. The van der Waals surface area contributed by atoms with E-state index >= 15 is 0 Å². The Labute approximate surface area is 90.0 Å². The number of hydrogen-bond donors (Lipinski definition) is 0. The van der Waals surface area contributed by atoms with Crippen molar-refractivity contribution in [2.24, 2.45) is 0 Å². The molecular weight excluding hydrogens is 192 g/mol. The number of hydrogen-bond acceptors (Lipinski definition) is 3. The number of carbonyl (C=O) groups is 1. The third-order valence-corrected chi connectivity index (χ3v) is 2.07. The molecule has 0 amide bonds. The molecule has 1 aromatic carbocycles. The SMILES string of the molecule is CCCc1ccc(OCOC)c(C=O)c1. The summed E-state index contributed by atoms with van der Waals surface area (Å²) in [6.45, 7) is 2.27. The average Bonchev–Trinajstić information content (AvgIpc) is 2.27. The van der Waals surface area contributed by atoms with Gasteiger partial charge in [-0.05, 0) is 24.1 Å². The second-order valence-corrected chi connectivity index (χ2v) is 3.29. The van der Waals surface area contributed by atoms with Gasteiger partial charge in [-0.2, -0.15) is 0 Å². The van der Waals surface area contributed by atoms with Crippen molar-refractivity contribution in [3.05, 3.63) is 29.3 Å². The molecule has 0 unspecified atom stereocenters. The molecule has 0 aliphatic rings. The Bertz CT molecular complexity index is 321. The predicted molar refractivity (Wildman–Crippen MR) is 58.3 cm³/mol. The molecule has 15 heavy (non-hydrogen) atoms. The van der Waals surface area contributed by atoms with Crippen LogP contribution in [-0.2, 0) is 11.2 Å². The van der Waals surface area contributed by atoms with Gasteiger partial charge in [0.1, 0.15) is 5.75 Å². The number of carbonyl (C=O) groups excluding carboxylic acids is 1. The van der Waals surface area contributed by atoms with Crippen molar-refractivity contribution in [1.29, 1.82) is 0 Å². The average molecular weight is 208 g/mol. The molecule has 0 fully saturated rings. The minimum absolute atomic E-state index is 0.161. The number of aryl methyl sites for hydroxylation is 1. The number of benzene rings is 1. The van der Waals surface area contributed by atoms with Crippen LogP contribution in [0.5, 0.6) is 5.75 Å². The molecule has 3 nitrogen and oxygen atoms in total. The summed E-state index contributed by atoms with van der Waals surface area (Å²) in [5, 5.41) is 0. The lowest BCUT2D eigenvalue weighted by Gasteiger charge is -2.08. The zero-order chi connectivity index (χ0) is 11.1. The molecule has 0 N–H and O–H groups in total. The second kappa shape index (κ2) is 6.19. The molecule has 3 heteroatoms. The first-order valence-electron chi connectivity index (χ1n) is 5.01. The smallest absolute Gasteiger partial charge is 0.188 e.